The predicted molar refractivity (Wildman–Crippen MR) is 107 cm³/mol. The number of hydrogen-bond donors (Lipinski definition) is 2. The fraction of sp³-hybridized carbons (Fsp3) is 0.350. The average Bonchev–Trinajstić information content (AvgIpc) is 2.65. The summed E-state index contributed by atoms with van der Waals surface area (Å²) in [7, 11) is -2.96. The molecule has 1 amide bonds. The number of carbonyl (C=O) groups is 1. The molecule has 0 saturated heterocycles. The topological polar surface area (TPSA) is 84.5 Å². The van der Waals surface area contributed by atoms with Crippen molar-refractivity contribution in [3.63, 3.8) is 0 Å². The molecule has 0 unspecified atom stereocenters. The van der Waals surface area contributed by atoms with Crippen molar-refractivity contribution in [1.82, 2.24) is 4.72 Å². The third kappa shape index (κ3) is 5.73. The van der Waals surface area contributed by atoms with Crippen LogP contribution in [0.5, 0.6) is 5.75 Å². The van der Waals surface area contributed by atoms with Crippen LogP contribution >= 0.6 is 0 Å². The molecule has 0 aromatic heterocycles. The van der Waals surface area contributed by atoms with E-state index in [1.165, 1.54) is 7.11 Å². The number of carbonyl (C=O) groups excluding carboxylic acids is 1. The zero-order chi connectivity index (χ0) is 22.7. The van der Waals surface area contributed by atoms with Gasteiger partial charge in [0.05, 0.1) is 23.3 Å². The van der Waals surface area contributed by atoms with Crippen molar-refractivity contribution in [2.75, 3.05) is 12.4 Å². The van der Waals surface area contributed by atoms with Gasteiger partial charge in [-0.05, 0) is 48.7 Å². The predicted octanol–water partition coefficient (Wildman–Crippen LogP) is 3.96. The first-order valence-electron chi connectivity index (χ1n) is 9.00. The van der Waals surface area contributed by atoms with Crippen molar-refractivity contribution in [2.45, 2.75) is 37.9 Å². The van der Waals surface area contributed by atoms with Crippen molar-refractivity contribution in [3.05, 3.63) is 53.6 Å². The van der Waals surface area contributed by atoms with Crippen LogP contribution in [-0.2, 0) is 21.0 Å². The monoisotopic (exact) mass is 444 g/mol. The minimum absolute atomic E-state index is 0.353. The fourth-order valence-corrected chi connectivity index (χ4v) is 4.09. The maximum atomic E-state index is 12.9. The van der Waals surface area contributed by atoms with Crippen LogP contribution in [0.1, 0.15) is 25.0 Å². The molecule has 0 aliphatic heterocycles. The van der Waals surface area contributed by atoms with Crippen LogP contribution in [0.4, 0.5) is 18.9 Å². The highest BCUT2D eigenvalue weighted by molar-refractivity contribution is 7.89. The highest BCUT2D eigenvalue weighted by Crippen LogP contribution is 2.31. The minimum atomic E-state index is -4.69. The SMILES string of the molecule is COc1ccc(C)cc1NC(=O)[C@H](NS(=O)(=O)c1cccc(C(F)(F)F)c1)C(C)C. The van der Waals surface area contributed by atoms with E-state index in [0.717, 1.165) is 23.8 Å². The Morgan fingerprint density at radius 3 is 2.33 bits per heavy atom. The molecule has 2 N–H and O–H groups in total. The number of halogens is 3. The number of rotatable bonds is 7. The molecular weight excluding hydrogens is 421 g/mol. The van der Waals surface area contributed by atoms with Gasteiger partial charge in [-0.25, -0.2) is 8.42 Å². The van der Waals surface area contributed by atoms with Gasteiger partial charge in [-0.15, -0.1) is 0 Å². The third-order valence-electron chi connectivity index (χ3n) is 4.32. The molecule has 0 heterocycles. The van der Waals surface area contributed by atoms with Crippen molar-refractivity contribution in [1.29, 1.82) is 0 Å². The van der Waals surface area contributed by atoms with Gasteiger partial charge in [0.2, 0.25) is 15.9 Å². The average molecular weight is 444 g/mol. The number of ether oxygens (including phenoxy) is 1. The molecule has 2 aromatic rings. The molecule has 10 heteroatoms. The van der Waals surface area contributed by atoms with E-state index in [0.29, 0.717) is 17.5 Å². The molecule has 0 bridgehead atoms. The van der Waals surface area contributed by atoms with Crippen LogP contribution in [0.25, 0.3) is 0 Å². The Kier molecular flexibility index (Phi) is 7.14. The van der Waals surface area contributed by atoms with E-state index in [1.807, 2.05) is 6.92 Å². The lowest BCUT2D eigenvalue weighted by Gasteiger charge is -2.22. The van der Waals surface area contributed by atoms with E-state index in [-0.39, 0.29) is 0 Å². The fourth-order valence-electron chi connectivity index (χ4n) is 2.70. The van der Waals surface area contributed by atoms with Crippen LogP contribution in [0.2, 0.25) is 0 Å². The Morgan fingerprint density at radius 1 is 1.10 bits per heavy atom. The Morgan fingerprint density at radius 2 is 1.77 bits per heavy atom. The molecule has 0 radical (unpaired) electrons. The molecule has 0 saturated carbocycles. The van der Waals surface area contributed by atoms with Crippen molar-refractivity contribution in [2.24, 2.45) is 5.92 Å². The summed E-state index contributed by atoms with van der Waals surface area (Å²) in [6.07, 6.45) is -4.69. The van der Waals surface area contributed by atoms with Crippen LogP contribution in [0, 0.1) is 12.8 Å². The number of nitrogens with one attached hydrogen (secondary N) is 2. The molecule has 30 heavy (non-hydrogen) atoms. The van der Waals surface area contributed by atoms with E-state index in [9.17, 15) is 26.4 Å². The first-order valence-corrected chi connectivity index (χ1v) is 10.5. The molecule has 0 spiro atoms. The molecule has 2 aromatic carbocycles. The van der Waals surface area contributed by atoms with Crippen molar-refractivity contribution in [3.8, 4) is 5.75 Å². The van der Waals surface area contributed by atoms with E-state index in [1.54, 1.807) is 32.0 Å². The van der Waals surface area contributed by atoms with Crippen LogP contribution < -0.4 is 14.8 Å². The molecule has 0 fully saturated rings. The summed E-state index contributed by atoms with van der Waals surface area (Å²) in [6, 6.07) is 7.21. The molecule has 6 nitrogen and oxygen atoms in total. The summed E-state index contributed by atoms with van der Waals surface area (Å²) in [5.41, 5.74) is 0.101. The quantitative estimate of drug-likeness (QED) is 0.677. The molecular formula is C20H23F3N2O4S. The molecule has 164 valence electrons. The van der Waals surface area contributed by atoms with Crippen molar-refractivity contribution < 1.29 is 31.1 Å². The van der Waals surface area contributed by atoms with Gasteiger partial charge in [0.15, 0.2) is 0 Å². The highest BCUT2D eigenvalue weighted by atomic mass is 32.2. The van der Waals surface area contributed by atoms with Gasteiger partial charge in [0.25, 0.3) is 0 Å². The molecule has 0 aliphatic carbocycles. The number of benzene rings is 2. The standard InChI is InChI=1S/C20H23F3N2O4S/c1-12(2)18(19(26)24-16-10-13(3)8-9-17(16)29-4)25-30(27,28)15-7-5-6-14(11-15)20(21,22)23/h5-12,18,25H,1-4H3,(H,24,26)/t18-/m1/s1. The Bertz CT molecular complexity index is 1020. The summed E-state index contributed by atoms with van der Waals surface area (Å²) >= 11 is 0. The molecule has 0 aliphatic rings. The first-order chi connectivity index (χ1) is 13.8. The lowest BCUT2D eigenvalue weighted by atomic mass is 10.0. The van der Waals surface area contributed by atoms with Gasteiger partial charge >= 0.3 is 6.18 Å². The first kappa shape index (κ1) is 23.7. The molecule has 1 atom stereocenters. The second-order valence-corrected chi connectivity index (χ2v) is 8.78. The summed E-state index contributed by atoms with van der Waals surface area (Å²) in [5, 5.41) is 2.62. The lowest BCUT2D eigenvalue weighted by molar-refractivity contribution is -0.137. The Labute approximate surface area is 173 Å². The normalized spacial score (nSPS) is 13.2. The third-order valence-corrected chi connectivity index (χ3v) is 5.75. The second-order valence-electron chi connectivity index (χ2n) is 7.06. The smallest absolute Gasteiger partial charge is 0.416 e. The van der Waals surface area contributed by atoms with Crippen LogP contribution in [0.3, 0.4) is 0 Å². The molecule has 2 rings (SSSR count). The van der Waals surface area contributed by atoms with E-state index < -0.39 is 44.5 Å². The number of amides is 1. The summed E-state index contributed by atoms with van der Waals surface area (Å²) in [5.74, 6) is -0.761. The number of alkyl halides is 3. The van der Waals surface area contributed by atoms with Crippen LogP contribution in [-0.4, -0.2) is 27.5 Å². The van der Waals surface area contributed by atoms with E-state index >= 15 is 0 Å². The Hall–Kier alpha value is -2.59. The number of sulfonamides is 1. The lowest BCUT2D eigenvalue weighted by Crippen LogP contribution is -2.47. The summed E-state index contributed by atoms with van der Waals surface area (Å²) in [6.45, 7) is 5.05. The number of methoxy groups -OCH3 is 1. The van der Waals surface area contributed by atoms with Crippen LogP contribution in [0.15, 0.2) is 47.4 Å². The van der Waals surface area contributed by atoms with E-state index in [4.69, 9.17) is 4.74 Å². The van der Waals surface area contributed by atoms with Gasteiger partial charge in [-0.3, -0.25) is 4.79 Å². The van der Waals surface area contributed by atoms with Gasteiger partial charge in [-0.2, -0.15) is 17.9 Å². The van der Waals surface area contributed by atoms with Gasteiger partial charge < -0.3 is 10.1 Å². The number of anilines is 1. The van der Waals surface area contributed by atoms with E-state index in [2.05, 4.69) is 10.0 Å². The second kappa shape index (κ2) is 9.05. The van der Waals surface area contributed by atoms with Crippen molar-refractivity contribution >= 4 is 21.6 Å². The zero-order valence-corrected chi connectivity index (χ0v) is 17.7. The minimum Gasteiger partial charge on any atom is -0.495 e. The maximum Gasteiger partial charge on any atom is 0.416 e. The van der Waals surface area contributed by atoms with Gasteiger partial charge in [-0.1, -0.05) is 26.0 Å². The van der Waals surface area contributed by atoms with Gasteiger partial charge in [0, 0.05) is 0 Å². The number of aryl methyl sites for hydroxylation is 1. The zero-order valence-electron chi connectivity index (χ0n) is 16.9. The highest BCUT2D eigenvalue weighted by Gasteiger charge is 2.33. The largest absolute Gasteiger partial charge is 0.495 e. The summed E-state index contributed by atoms with van der Waals surface area (Å²) in [4.78, 5) is 12.2. The number of hydrogen-bond acceptors (Lipinski definition) is 4. The summed E-state index contributed by atoms with van der Waals surface area (Å²) < 4.78 is 71.6. The maximum absolute atomic E-state index is 12.9. The Balaban J connectivity index is 2.31. The van der Waals surface area contributed by atoms with Gasteiger partial charge in [0.1, 0.15) is 11.8 Å².